The van der Waals surface area contributed by atoms with Gasteiger partial charge in [0.1, 0.15) is 11.2 Å². The molecule has 0 saturated heterocycles. The van der Waals surface area contributed by atoms with E-state index < -0.39 is 253 Å². The number of nitrogens with zero attached hydrogens (tertiary/aromatic N) is 2. The molecule has 47 heavy (non-hydrogen) atoms. The Bertz CT molecular complexity index is 4040. The second-order valence-electron chi connectivity index (χ2n) is 9.62. The molecule has 0 aliphatic heterocycles. The minimum atomic E-state index is -1.21. The molecule has 0 bridgehead atoms. The van der Waals surface area contributed by atoms with Crippen LogP contribution < -0.4 is 9.80 Å². The van der Waals surface area contributed by atoms with Crippen LogP contribution >= 0.6 is 0 Å². The summed E-state index contributed by atoms with van der Waals surface area (Å²) < 4.78 is 264. The van der Waals surface area contributed by atoms with Crippen molar-refractivity contribution in [3.05, 3.63) is 181 Å². The number of benzene rings is 8. The van der Waals surface area contributed by atoms with Gasteiger partial charge in [0.15, 0.2) is 0 Å². The van der Waals surface area contributed by atoms with Gasteiger partial charge in [0, 0.05) is 44.9 Å². The summed E-state index contributed by atoms with van der Waals surface area (Å²) in [7, 11) is 0. The summed E-state index contributed by atoms with van der Waals surface area (Å²) in [6, 6.07) is -28.3. The Morgan fingerprint density at radius 3 is 1.51 bits per heavy atom. The van der Waals surface area contributed by atoms with Crippen molar-refractivity contribution in [3.63, 3.8) is 0 Å². The zero-order chi connectivity index (χ0) is 56.4. The van der Waals surface area contributed by atoms with Crippen molar-refractivity contribution in [2.24, 2.45) is 0 Å². The van der Waals surface area contributed by atoms with Gasteiger partial charge in [-0.1, -0.05) is 96.7 Å². The maximum Gasteiger partial charge on any atom is 0.136 e. The molecule has 0 radical (unpaired) electrons. The summed E-state index contributed by atoms with van der Waals surface area (Å²) in [6.45, 7) is 0. The van der Waals surface area contributed by atoms with Gasteiger partial charge in [0.05, 0.1) is 39.8 Å². The fourth-order valence-electron chi connectivity index (χ4n) is 4.96. The van der Waals surface area contributed by atoms with E-state index in [2.05, 4.69) is 0 Å². The Hall–Kier alpha value is -6.32. The molecule has 0 atom stereocenters. The normalized spacial score (nSPS) is 20.0. The van der Waals surface area contributed by atoms with Crippen molar-refractivity contribution in [1.82, 2.24) is 0 Å². The molecule has 1 heterocycles. The summed E-state index contributed by atoms with van der Waals surface area (Å²) in [6.07, 6.45) is 0. The Morgan fingerprint density at radius 2 is 0.851 bits per heavy atom. The second-order valence-corrected chi connectivity index (χ2v) is 9.62. The van der Waals surface area contributed by atoms with E-state index in [0.717, 1.165) is 0 Å². The summed E-state index contributed by atoms with van der Waals surface area (Å²) in [5.74, 6) is 0. The number of furan rings is 1. The monoisotopic (exact) mass is 631 g/mol. The largest absolute Gasteiger partial charge is 0.456 e. The molecule has 3 heteroatoms. The third kappa shape index (κ3) is 4.77. The number of para-hydroxylation sites is 4. The highest BCUT2D eigenvalue weighted by Gasteiger charge is 2.18. The minimum absolute atomic E-state index is 0.417. The molecule has 9 rings (SSSR count). The predicted molar refractivity (Wildman–Crippen MR) is 198 cm³/mol. The molecular formula is C44H30N2O. The Labute approximate surface area is 313 Å². The third-order valence-corrected chi connectivity index (χ3v) is 6.93. The molecule has 1 aromatic heterocycles. The van der Waals surface area contributed by atoms with Crippen LogP contribution in [-0.4, -0.2) is 0 Å². The fourth-order valence-corrected chi connectivity index (χ4v) is 4.96. The van der Waals surface area contributed by atoms with Crippen molar-refractivity contribution in [2.45, 2.75) is 0 Å². The number of hydrogen-bond acceptors (Lipinski definition) is 3. The molecule has 0 amide bonds. The van der Waals surface area contributed by atoms with E-state index in [1.165, 1.54) is 0 Å². The Morgan fingerprint density at radius 1 is 0.340 bits per heavy atom. The van der Waals surface area contributed by atoms with Crippen LogP contribution in [0.25, 0.3) is 43.5 Å². The van der Waals surface area contributed by atoms with Gasteiger partial charge in [0.2, 0.25) is 0 Å². The van der Waals surface area contributed by atoms with E-state index in [-0.39, 0.29) is 0 Å². The molecule has 0 fully saturated rings. The van der Waals surface area contributed by atoms with Crippen molar-refractivity contribution in [2.75, 3.05) is 9.80 Å². The van der Waals surface area contributed by atoms with Gasteiger partial charge in [-0.25, -0.2) is 0 Å². The van der Waals surface area contributed by atoms with E-state index in [1.807, 2.05) is 0 Å². The second kappa shape index (κ2) is 11.2. The summed E-state index contributed by atoms with van der Waals surface area (Å²) in [4.78, 5) is 0.890. The van der Waals surface area contributed by atoms with Crippen LogP contribution in [0.5, 0.6) is 0 Å². The molecule has 0 aliphatic rings. The van der Waals surface area contributed by atoms with Gasteiger partial charge in [0.25, 0.3) is 0 Å². The molecule has 8 aromatic carbocycles. The standard InChI is InChI=1S/C44H30N2O/c1-4-13-33(14-5-1)45(34-15-6-2-7-16-34)36-19-12-20-37(28-36)46(35-17-8-3-9-18-35)38-26-25-31-23-24-32-27-44-42(30-41(32)40(31)29-38)39-21-10-11-22-43(39)47-44/h1-30H/i1D,2D,3D,4D,5D,6D,7D,8D,9D,10D,11D,12D,13D,14D,15D,16D,17D,18D,19D,20D,21D,22D,23D,24D,25D,26D,27D,29D,30D. The van der Waals surface area contributed by atoms with E-state index in [0.29, 0.717) is 15.9 Å². The van der Waals surface area contributed by atoms with Gasteiger partial charge in [-0.15, -0.1) is 0 Å². The van der Waals surface area contributed by atoms with Gasteiger partial charge in [-0.2, -0.15) is 0 Å². The van der Waals surface area contributed by atoms with Crippen LogP contribution in [0.3, 0.4) is 0 Å². The first-order chi connectivity index (χ1) is 35.4. The Balaban J connectivity index is 1.54. The number of hydrogen-bond donors (Lipinski definition) is 0. The van der Waals surface area contributed by atoms with E-state index in [4.69, 9.17) is 30.5 Å². The van der Waals surface area contributed by atoms with Crippen LogP contribution in [-0.2, 0) is 0 Å². The lowest BCUT2D eigenvalue weighted by atomic mass is 9.99. The van der Waals surface area contributed by atoms with Crippen LogP contribution in [0.4, 0.5) is 34.1 Å². The maximum atomic E-state index is 10.0. The van der Waals surface area contributed by atoms with Gasteiger partial charge < -0.3 is 14.2 Å². The Kier molecular flexibility index (Phi) is 2.54. The summed E-state index contributed by atoms with van der Waals surface area (Å²) in [5.41, 5.74) is -7.05. The SMILES string of the molecule is [2H]c1c(N(c2c([2H])c([2H])c([2H])c([2H])c2[2H])c2c([2H])c([2H])c([2H])c([2H])c2[2H])cc(N(c2c([2H])c([2H])c([2H])c([2H])c2[2H])c2c([2H])c([2H])c3c([2H])c([2H])c4c([2H])c5oc6c([2H])c([2H])c([2H])c([2H])c6c5c([2H])c4c3c2[2H])c([2H])c1[2H]. The molecule has 0 aliphatic carbocycles. The third-order valence-electron chi connectivity index (χ3n) is 6.93. The minimum Gasteiger partial charge on any atom is -0.456 e. The fraction of sp³-hybridized carbons (Fsp3) is 0. The number of fused-ring (bicyclic) bond motifs is 6. The zero-order valence-corrected chi connectivity index (χ0v) is 23.4. The van der Waals surface area contributed by atoms with Crippen LogP contribution in [0, 0.1) is 0 Å². The van der Waals surface area contributed by atoms with Gasteiger partial charge in [-0.3, -0.25) is 0 Å². The molecule has 0 saturated carbocycles. The van der Waals surface area contributed by atoms with E-state index >= 15 is 0 Å². The first-order valence-electron chi connectivity index (χ1n) is 28.1. The van der Waals surface area contributed by atoms with Gasteiger partial charge in [-0.05, 0) is 106 Å². The molecule has 0 unspecified atom stereocenters. The van der Waals surface area contributed by atoms with Crippen LogP contribution in [0.15, 0.2) is 186 Å². The topological polar surface area (TPSA) is 19.6 Å². The average Bonchev–Trinajstić information content (AvgIpc) is 3.82. The quantitative estimate of drug-likeness (QED) is 0.170. The van der Waals surface area contributed by atoms with Crippen LogP contribution in [0.1, 0.15) is 39.8 Å². The van der Waals surface area contributed by atoms with E-state index in [9.17, 15) is 13.7 Å². The van der Waals surface area contributed by atoms with Crippen LogP contribution in [0.2, 0.25) is 0 Å². The number of rotatable bonds is 6. The van der Waals surface area contributed by atoms with Crippen molar-refractivity contribution in [3.8, 4) is 0 Å². The highest BCUT2D eigenvalue weighted by Crippen LogP contribution is 2.42. The lowest BCUT2D eigenvalue weighted by Crippen LogP contribution is -2.13. The molecule has 9 aromatic rings. The summed E-state index contributed by atoms with van der Waals surface area (Å²) in [5, 5.41) is -3.52. The smallest absolute Gasteiger partial charge is 0.136 e. The first kappa shape index (κ1) is 10.6. The molecule has 0 N–H and O–H groups in total. The van der Waals surface area contributed by atoms with E-state index in [1.54, 1.807) is 0 Å². The lowest BCUT2D eigenvalue weighted by molar-refractivity contribution is 0.669. The van der Waals surface area contributed by atoms with Crippen molar-refractivity contribution >= 4 is 77.6 Å². The van der Waals surface area contributed by atoms with Gasteiger partial charge >= 0.3 is 0 Å². The first-order valence-corrected chi connectivity index (χ1v) is 13.6. The summed E-state index contributed by atoms with van der Waals surface area (Å²) >= 11 is 0. The molecular weight excluding hydrogens is 572 g/mol. The average molecular weight is 632 g/mol. The predicted octanol–water partition coefficient (Wildman–Crippen LogP) is 12.8. The highest BCUT2D eigenvalue weighted by atomic mass is 16.3. The van der Waals surface area contributed by atoms with Crippen molar-refractivity contribution < 1.29 is 44.2 Å². The zero-order valence-electron chi connectivity index (χ0n) is 52.4. The highest BCUT2D eigenvalue weighted by molar-refractivity contribution is 6.17. The lowest BCUT2D eigenvalue weighted by Gasteiger charge is -2.29. The molecule has 222 valence electrons. The molecule has 3 nitrogen and oxygen atoms in total. The molecule has 0 spiro atoms. The van der Waals surface area contributed by atoms with Crippen molar-refractivity contribution in [1.29, 1.82) is 0 Å². The maximum absolute atomic E-state index is 10.0. The number of anilines is 6.